The van der Waals surface area contributed by atoms with E-state index in [1.165, 1.54) is 56.1 Å². The van der Waals surface area contributed by atoms with Crippen molar-refractivity contribution in [2.24, 2.45) is 11.8 Å². The summed E-state index contributed by atoms with van der Waals surface area (Å²) in [5, 5.41) is 0. The van der Waals surface area contributed by atoms with Crippen molar-refractivity contribution < 1.29 is 13.5 Å². The number of hydrogen-bond acceptors (Lipinski definition) is 1. The molecule has 0 aromatic heterocycles. The summed E-state index contributed by atoms with van der Waals surface area (Å²) in [4.78, 5) is 0. The standard InChI is InChI=1S/C35H46F2O/c1-3-5-25-38-33-24-23-32(34(36)35(33)37)31-21-15-28(16-22-31)10-7-6-9-27-13-19-30(20-14-27)29-17-11-26(8-4-2)12-18-29/h3,6,9,11-12,17-18,23-24,27-28,30-31H,1,4-5,7-8,10,13-16,19-22,25H2,2H3/b9-6+. The second-order valence-electron chi connectivity index (χ2n) is 11.5. The predicted octanol–water partition coefficient (Wildman–Crippen LogP) is 10.5. The Bertz CT molecular complexity index is 1020. The minimum Gasteiger partial charge on any atom is -0.490 e. The molecule has 2 aliphatic carbocycles. The van der Waals surface area contributed by atoms with Crippen molar-refractivity contribution >= 4 is 0 Å². The number of rotatable bonds is 12. The summed E-state index contributed by atoms with van der Waals surface area (Å²) in [5.74, 6) is 0.678. The predicted molar refractivity (Wildman–Crippen MR) is 155 cm³/mol. The normalized spacial score (nSPS) is 24.0. The minimum absolute atomic E-state index is 0.00289. The summed E-state index contributed by atoms with van der Waals surface area (Å²) >= 11 is 0. The summed E-state index contributed by atoms with van der Waals surface area (Å²) < 4.78 is 34.6. The second-order valence-corrected chi connectivity index (χ2v) is 11.5. The summed E-state index contributed by atoms with van der Waals surface area (Å²) in [6.45, 7) is 6.18. The lowest BCUT2D eigenvalue weighted by Crippen LogP contribution is -2.15. The lowest BCUT2D eigenvalue weighted by Gasteiger charge is -2.29. The Labute approximate surface area is 229 Å². The quantitative estimate of drug-likeness (QED) is 0.200. The van der Waals surface area contributed by atoms with Crippen LogP contribution in [0.25, 0.3) is 0 Å². The van der Waals surface area contributed by atoms with E-state index in [2.05, 4.69) is 49.9 Å². The van der Waals surface area contributed by atoms with E-state index in [4.69, 9.17) is 4.74 Å². The SMILES string of the molecule is C=CCCOc1ccc(C2CCC(CC/C=C/C3CCC(c4ccc(CCC)cc4)CC3)CC2)c(F)c1F. The molecule has 1 nitrogen and oxygen atoms in total. The molecule has 0 atom stereocenters. The highest BCUT2D eigenvalue weighted by atomic mass is 19.2. The maximum atomic E-state index is 14.8. The highest BCUT2D eigenvalue weighted by molar-refractivity contribution is 5.33. The van der Waals surface area contributed by atoms with Crippen molar-refractivity contribution in [3.63, 3.8) is 0 Å². The van der Waals surface area contributed by atoms with Crippen LogP contribution in [0.5, 0.6) is 5.75 Å². The first-order chi connectivity index (χ1) is 18.6. The number of hydrogen-bond donors (Lipinski definition) is 0. The van der Waals surface area contributed by atoms with Crippen molar-refractivity contribution in [1.82, 2.24) is 0 Å². The fourth-order valence-corrected chi connectivity index (χ4v) is 6.50. The molecule has 2 fully saturated rings. The van der Waals surface area contributed by atoms with Gasteiger partial charge in [0.05, 0.1) is 6.61 Å². The Hall–Kier alpha value is -2.42. The van der Waals surface area contributed by atoms with Gasteiger partial charge in [0.25, 0.3) is 0 Å². The molecule has 0 aliphatic heterocycles. The lowest BCUT2D eigenvalue weighted by molar-refractivity contribution is 0.292. The summed E-state index contributed by atoms with van der Waals surface area (Å²) in [6.07, 6.45) is 21.2. The molecule has 2 saturated carbocycles. The lowest BCUT2D eigenvalue weighted by atomic mass is 9.76. The van der Waals surface area contributed by atoms with Gasteiger partial charge in [0.2, 0.25) is 5.82 Å². The van der Waals surface area contributed by atoms with Gasteiger partial charge in [-0.1, -0.05) is 61.9 Å². The van der Waals surface area contributed by atoms with Crippen LogP contribution in [0.2, 0.25) is 0 Å². The molecule has 0 spiro atoms. The molecule has 3 heteroatoms. The Morgan fingerprint density at radius 2 is 1.55 bits per heavy atom. The molecule has 38 heavy (non-hydrogen) atoms. The molecule has 206 valence electrons. The van der Waals surface area contributed by atoms with E-state index < -0.39 is 11.6 Å². The molecule has 2 aromatic carbocycles. The van der Waals surface area contributed by atoms with Crippen LogP contribution in [0.4, 0.5) is 8.78 Å². The van der Waals surface area contributed by atoms with E-state index in [9.17, 15) is 8.78 Å². The fourth-order valence-electron chi connectivity index (χ4n) is 6.50. The van der Waals surface area contributed by atoms with Crippen LogP contribution in [-0.4, -0.2) is 6.61 Å². The molecule has 2 aromatic rings. The van der Waals surface area contributed by atoms with Crippen LogP contribution in [-0.2, 0) is 6.42 Å². The zero-order valence-electron chi connectivity index (χ0n) is 23.3. The first kappa shape index (κ1) is 28.6. The third-order valence-electron chi connectivity index (χ3n) is 8.85. The Balaban J connectivity index is 1.15. The third kappa shape index (κ3) is 7.80. The van der Waals surface area contributed by atoms with Gasteiger partial charge in [-0.2, -0.15) is 4.39 Å². The van der Waals surface area contributed by atoms with Gasteiger partial charge in [-0.25, -0.2) is 4.39 Å². The molecule has 0 N–H and O–H groups in total. The molecular weight excluding hydrogens is 474 g/mol. The van der Waals surface area contributed by atoms with Crippen LogP contribution in [0.3, 0.4) is 0 Å². The zero-order chi connectivity index (χ0) is 26.7. The largest absolute Gasteiger partial charge is 0.490 e. The average Bonchev–Trinajstić information content (AvgIpc) is 2.95. The molecule has 4 rings (SSSR count). The summed E-state index contributed by atoms with van der Waals surface area (Å²) in [6, 6.07) is 12.7. The molecule has 0 saturated heterocycles. The van der Waals surface area contributed by atoms with Crippen molar-refractivity contribution in [2.45, 2.75) is 102 Å². The van der Waals surface area contributed by atoms with Crippen molar-refractivity contribution in [2.75, 3.05) is 6.61 Å². The van der Waals surface area contributed by atoms with Gasteiger partial charge >= 0.3 is 0 Å². The fraction of sp³-hybridized carbons (Fsp3) is 0.543. The Morgan fingerprint density at radius 1 is 0.842 bits per heavy atom. The van der Waals surface area contributed by atoms with E-state index in [0.717, 1.165) is 43.9 Å². The summed E-state index contributed by atoms with van der Waals surface area (Å²) in [7, 11) is 0. The van der Waals surface area contributed by atoms with E-state index >= 15 is 0 Å². The highest BCUT2D eigenvalue weighted by Crippen LogP contribution is 2.40. The third-order valence-corrected chi connectivity index (χ3v) is 8.85. The van der Waals surface area contributed by atoms with E-state index in [-0.39, 0.29) is 11.7 Å². The molecule has 0 heterocycles. The number of aryl methyl sites for hydroxylation is 1. The maximum Gasteiger partial charge on any atom is 0.200 e. The van der Waals surface area contributed by atoms with Crippen LogP contribution in [0, 0.1) is 23.5 Å². The van der Waals surface area contributed by atoms with E-state index in [1.54, 1.807) is 18.2 Å². The maximum absolute atomic E-state index is 14.8. The number of halogens is 2. The van der Waals surface area contributed by atoms with E-state index in [0.29, 0.717) is 24.5 Å². The monoisotopic (exact) mass is 520 g/mol. The molecule has 0 radical (unpaired) electrons. The zero-order valence-corrected chi connectivity index (χ0v) is 23.3. The number of ether oxygens (including phenoxy) is 1. The molecule has 2 aliphatic rings. The summed E-state index contributed by atoms with van der Waals surface area (Å²) in [5.41, 5.74) is 3.50. The van der Waals surface area contributed by atoms with Gasteiger partial charge in [0.1, 0.15) is 0 Å². The molecule has 0 unspecified atom stereocenters. The van der Waals surface area contributed by atoms with Crippen LogP contribution < -0.4 is 4.74 Å². The van der Waals surface area contributed by atoms with Crippen LogP contribution in [0.15, 0.2) is 61.2 Å². The molecular formula is C35H46F2O. The molecule has 0 amide bonds. The first-order valence-corrected chi connectivity index (χ1v) is 15.1. The van der Waals surface area contributed by atoms with Gasteiger partial charge < -0.3 is 4.74 Å². The van der Waals surface area contributed by atoms with Gasteiger partial charge in [-0.3, -0.25) is 0 Å². The minimum atomic E-state index is -0.849. The van der Waals surface area contributed by atoms with Gasteiger partial charge in [-0.15, -0.1) is 6.58 Å². The van der Waals surface area contributed by atoms with Gasteiger partial charge in [-0.05, 0) is 123 Å². The molecule has 0 bridgehead atoms. The Morgan fingerprint density at radius 3 is 2.24 bits per heavy atom. The second kappa shape index (κ2) is 14.7. The van der Waals surface area contributed by atoms with E-state index in [1.807, 2.05) is 0 Å². The number of allylic oxidation sites excluding steroid dienone is 2. The Kier molecular flexibility index (Phi) is 11.0. The van der Waals surface area contributed by atoms with Gasteiger partial charge in [0, 0.05) is 0 Å². The topological polar surface area (TPSA) is 9.23 Å². The van der Waals surface area contributed by atoms with Crippen LogP contribution in [0.1, 0.15) is 112 Å². The average molecular weight is 521 g/mol. The highest BCUT2D eigenvalue weighted by Gasteiger charge is 2.26. The smallest absolute Gasteiger partial charge is 0.200 e. The van der Waals surface area contributed by atoms with Crippen molar-refractivity contribution in [3.8, 4) is 5.75 Å². The first-order valence-electron chi connectivity index (χ1n) is 15.1. The van der Waals surface area contributed by atoms with Crippen LogP contribution >= 0.6 is 0 Å². The number of benzene rings is 2. The van der Waals surface area contributed by atoms with Crippen molar-refractivity contribution in [3.05, 3.63) is 89.5 Å². The van der Waals surface area contributed by atoms with Crippen molar-refractivity contribution in [1.29, 1.82) is 0 Å². The van der Waals surface area contributed by atoms with Gasteiger partial charge in [0.15, 0.2) is 11.6 Å².